The second kappa shape index (κ2) is 39.7. The molecule has 12 N–H and O–H groups in total. The van der Waals surface area contributed by atoms with Gasteiger partial charge in [-0.3, -0.25) is 100 Å². The minimum atomic E-state index is -3.66. The number of rotatable bonds is 17. The molecular formula is C104H137N15O24S3. The fraction of sp³-hybridized carbons (Fsp3) is 0.567. The van der Waals surface area contributed by atoms with Crippen LogP contribution in [0.2, 0.25) is 0 Å². The fourth-order valence-electron chi connectivity index (χ4n) is 24.5. The quantitative estimate of drug-likeness (QED) is 0.0418. The maximum atomic E-state index is 14.6. The van der Waals surface area contributed by atoms with E-state index in [4.69, 9.17) is 27.9 Å². The molecule has 146 heavy (non-hydrogen) atoms. The molecule has 39 nitrogen and oxygen atoms in total. The van der Waals surface area contributed by atoms with Crippen LogP contribution in [0.4, 0.5) is 0 Å². The molecule has 7 aromatic rings. The summed E-state index contributed by atoms with van der Waals surface area (Å²) in [5, 5.41) is 49.1. The first-order valence-electron chi connectivity index (χ1n) is 50.8. The Kier molecular flexibility index (Phi) is 29.0. The van der Waals surface area contributed by atoms with E-state index < -0.39 is 155 Å². The predicted molar refractivity (Wildman–Crippen MR) is 542 cm³/mol. The van der Waals surface area contributed by atoms with E-state index in [2.05, 4.69) is 101 Å². The van der Waals surface area contributed by atoms with Crippen LogP contribution in [-0.4, -0.2) is 333 Å². The van der Waals surface area contributed by atoms with Gasteiger partial charge in [0.05, 0.1) is 35.0 Å². The van der Waals surface area contributed by atoms with Crippen LogP contribution in [0.3, 0.4) is 0 Å². The van der Waals surface area contributed by atoms with Gasteiger partial charge in [-0.2, -0.15) is 25.3 Å². The largest absolute Gasteiger partial charge is 0.361 e. The highest BCUT2D eigenvalue weighted by atomic mass is 32.2. The van der Waals surface area contributed by atoms with Crippen LogP contribution >= 0.6 is 0 Å². The van der Waals surface area contributed by atoms with E-state index in [1.165, 1.54) is 68.3 Å². The topological polar surface area (TPSA) is 518 Å². The number of carbonyl (C=O) groups is 9. The monoisotopic (exact) mass is 2080 g/mol. The first-order chi connectivity index (χ1) is 68.7. The third-order valence-corrected chi connectivity index (χ3v) is 34.3. The number of aromatic amines is 3. The number of piperazine rings is 3. The van der Waals surface area contributed by atoms with E-state index in [1.807, 2.05) is 129 Å². The highest BCUT2D eigenvalue weighted by molar-refractivity contribution is 7.86. The lowest BCUT2D eigenvalue weighted by molar-refractivity contribution is -0.323. The number of H-pyrrole nitrogens is 3. The molecule has 4 aromatic carbocycles. The molecule has 12 aliphatic heterocycles. The van der Waals surface area contributed by atoms with Crippen molar-refractivity contribution in [3.8, 4) is 0 Å². The van der Waals surface area contributed by atoms with Crippen molar-refractivity contribution in [2.75, 3.05) is 77.7 Å². The summed E-state index contributed by atoms with van der Waals surface area (Å²) >= 11 is 0. The number of nitrogens with zero attached hydrogens (tertiary/aromatic N) is 9. The van der Waals surface area contributed by atoms with Crippen molar-refractivity contribution in [2.24, 2.45) is 47.3 Å². The number of aromatic nitrogens is 3. The number of carbonyl (C=O) groups excluding carboxylic acids is 9. The van der Waals surface area contributed by atoms with Gasteiger partial charge in [-0.25, -0.2) is 0 Å². The number of hydrogen-bond acceptors (Lipinski definition) is 24. The van der Waals surface area contributed by atoms with Gasteiger partial charge in [-0.05, 0) is 192 Å². The number of ether oxygens (including phenoxy) is 3. The lowest BCUT2D eigenvalue weighted by Gasteiger charge is -2.49. The van der Waals surface area contributed by atoms with Crippen molar-refractivity contribution in [3.63, 3.8) is 0 Å². The molecule has 22 rings (SSSR count). The van der Waals surface area contributed by atoms with Crippen molar-refractivity contribution in [2.45, 2.75) is 250 Å². The molecule has 790 valence electrons. The number of likely N-dealkylation sites (N-methyl/N-ethyl adjacent to an activating group) is 3. The van der Waals surface area contributed by atoms with E-state index in [1.54, 1.807) is 42.4 Å². The normalized spacial score (nSPS) is 31.1. The Labute approximate surface area is 850 Å². The Morgan fingerprint density at radius 2 is 0.726 bits per heavy atom. The summed E-state index contributed by atoms with van der Waals surface area (Å²) in [7, 11) is -4.89. The van der Waals surface area contributed by atoms with Crippen molar-refractivity contribution in [1.29, 1.82) is 0 Å². The molecule has 18 unspecified atom stereocenters. The van der Waals surface area contributed by atoms with Gasteiger partial charge in [0, 0.05) is 133 Å². The molecule has 0 saturated carbocycles. The van der Waals surface area contributed by atoms with E-state index in [0.29, 0.717) is 77.8 Å². The summed E-state index contributed by atoms with van der Waals surface area (Å²) < 4.78 is 100. The molecule has 3 aromatic heterocycles. The Balaban J connectivity index is 0.000000138. The molecule has 15 heterocycles. The Bertz CT molecular complexity index is 6730. The lowest BCUT2D eigenvalue weighted by Crippen LogP contribution is -2.72. The molecule has 9 fully saturated rings. The maximum Gasteiger partial charge on any atom is 0.281 e. The van der Waals surface area contributed by atoms with Crippen LogP contribution in [0.5, 0.6) is 0 Å². The third kappa shape index (κ3) is 18.6. The molecule has 15 aliphatic rings. The van der Waals surface area contributed by atoms with Gasteiger partial charge in [-0.15, -0.1) is 0 Å². The van der Waals surface area contributed by atoms with Crippen LogP contribution in [0.25, 0.3) is 49.4 Å². The Hall–Kier alpha value is -10.7. The summed E-state index contributed by atoms with van der Waals surface area (Å²) in [6.07, 6.45) is 19.2. The molecule has 0 bridgehead atoms. The average Bonchev–Trinajstić information content (AvgIpc) is 1.53. The van der Waals surface area contributed by atoms with Crippen molar-refractivity contribution >= 4 is 133 Å². The molecule has 3 aliphatic carbocycles. The molecule has 18 atom stereocenters. The molecule has 0 radical (unpaired) electrons. The van der Waals surface area contributed by atoms with Crippen molar-refractivity contribution in [3.05, 3.63) is 161 Å². The van der Waals surface area contributed by atoms with E-state index in [0.717, 1.165) is 81.2 Å². The summed E-state index contributed by atoms with van der Waals surface area (Å²) in [6.45, 7) is 25.6. The second-order valence-corrected chi connectivity index (χ2v) is 48.2. The van der Waals surface area contributed by atoms with Gasteiger partial charge in [-0.1, -0.05) is 154 Å². The molecule has 9 amide bonds. The highest BCUT2D eigenvalue weighted by Crippen LogP contribution is 2.55. The van der Waals surface area contributed by atoms with E-state index >= 15 is 0 Å². The SMILES string of the molecule is CC(C)C1(NC(=O)C2C=C3c4cccc5[nH]cc(c45)CC3N(C)C2)OC2(O)C3CCCN3C(=O)C(Cc3ccccc3)N2C1=O.CC(C)C1C(=O)N2CCCC2C2(O)OC(NC(=O)C3C=C4c5cccc6[nH]cc(c56)CC4N(C)C3)(C(C)C)C(=O)N12.CC(C)CC1C(=O)N2CCCC2C2(O)OC(NC(=O)C3C=C4c5cccc6[nH]cc(c56)CC4N(C)C3)(C(C)C)C(=O)N12.CCS(=O)(=O)O.CCS(=O)(=O)O.CCS(=O)(=O)O. The van der Waals surface area contributed by atoms with Crippen LogP contribution in [0, 0.1) is 47.3 Å². The number of aliphatic hydroxyl groups is 3. The van der Waals surface area contributed by atoms with E-state index in [9.17, 15) is 83.7 Å². The number of nitrogens with one attached hydrogen (secondary N) is 6. The minimum absolute atomic E-state index is 0.108. The second-order valence-electron chi connectivity index (χ2n) is 43.0. The zero-order valence-corrected chi connectivity index (χ0v) is 87.7. The van der Waals surface area contributed by atoms with Gasteiger partial charge >= 0.3 is 0 Å². The van der Waals surface area contributed by atoms with Crippen molar-refractivity contribution in [1.82, 2.24) is 75.0 Å². The third-order valence-electron chi connectivity index (χ3n) is 32.1. The van der Waals surface area contributed by atoms with Crippen LogP contribution in [0.15, 0.2) is 122 Å². The van der Waals surface area contributed by atoms with Crippen LogP contribution in [-0.2, 0) is 113 Å². The first-order valence-corrected chi connectivity index (χ1v) is 55.7. The first kappa shape index (κ1) is 107. The summed E-state index contributed by atoms with van der Waals surface area (Å²) in [4.78, 5) is 152. The van der Waals surface area contributed by atoms with Gasteiger partial charge in [0.1, 0.15) is 36.3 Å². The van der Waals surface area contributed by atoms with E-state index in [-0.39, 0.29) is 89.1 Å². The van der Waals surface area contributed by atoms with Crippen LogP contribution < -0.4 is 16.0 Å². The molecular weight excluding hydrogens is 1940 g/mol. The average molecular weight is 2080 g/mol. The molecule has 0 spiro atoms. The zero-order valence-electron chi connectivity index (χ0n) is 85.3. The summed E-state index contributed by atoms with van der Waals surface area (Å²) in [6, 6.07) is 23.8. The smallest absolute Gasteiger partial charge is 0.281 e. The van der Waals surface area contributed by atoms with Gasteiger partial charge in [0.2, 0.25) is 52.6 Å². The molecule has 42 heteroatoms. The minimum Gasteiger partial charge on any atom is -0.361 e. The number of fused-ring (bicyclic) bond motifs is 15. The van der Waals surface area contributed by atoms with Gasteiger partial charge < -0.3 is 60.9 Å². The van der Waals surface area contributed by atoms with Gasteiger partial charge in [0.15, 0.2) is 0 Å². The Morgan fingerprint density at radius 1 is 0.425 bits per heavy atom. The Morgan fingerprint density at radius 3 is 1.03 bits per heavy atom. The lowest BCUT2D eigenvalue weighted by atomic mass is 9.79. The fourth-order valence-corrected chi connectivity index (χ4v) is 24.5. The molecule has 9 saturated heterocycles. The predicted octanol–water partition coefficient (Wildman–Crippen LogP) is 6.78. The number of hydrogen-bond donors (Lipinski definition) is 12. The zero-order chi connectivity index (χ0) is 106. The highest BCUT2D eigenvalue weighted by Gasteiger charge is 2.76. The number of amides is 9. The van der Waals surface area contributed by atoms with Crippen molar-refractivity contribution < 1.29 is 112 Å². The summed E-state index contributed by atoms with van der Waals surface area (Å²) in [5.74, 6) is -13.2. The maximum absolute atomic E-state index is 14.6. The number of benzene rings is 4. The van der Waals surface area contributed by atoms with Gasteiger partial charge in [0.25, 0.3) is 65.8 Å². The standard InChI is InChI=1S/C35H39N5O5.C32H41N5O5.C31H39N5O5.3C2H6O3S/c1-20(2)34(37-31(41)23-16-25-24-11-7-12-26-30(24)22(18-36-26)17-27(25)38(3)19-23)33(43)40-28(15-21-9-5-4-6-10-21)32(42)39-14-8-13-29(39)35(40,44)45-34;1-17(2)12-25-29(39)36-11-7-10-26(36)32(41)37(25)30(40)31(42-32,18(3)4)34-28(38)20-13-22-21-8-6-9-23-27(21)19(15-33-23)14-24(22)35(5)16-20;1-16(2)26-28(38)35-11-7-10-24(35)31(40)36(26)29(39)30(41-31,17(3)4)33-27(37)19-12-21-20-8-6-9-22-25(20)18(14-32-22)13-23(21)34(5)15-19;3*1-2-6(3,4)5/h4-7,9-12,16,18,20,23,27-29,36,44H,8,13-15,17,19H2,1-3H3,(H,37,41);6,8-9,13,15,17-18,20,24-26,33,41H,7,10-12,14,16H2,1-5H3,(H,34,38);6,8-9,12,14,16-17,19,23-24,26,32,40H,7,10-11,13,15H2,1-5H3,(H,33,37);3*2H2,1H3,(H,3,4,5). The van der Waals surface area contributed by atoms with Crippen LogP contribution in [0.1, 0.15) is 174 Å². The summed E-state index contributed by atoms with van der Waals surface area (Å²) in [5.41, 5.74) is 9.17.